The maximum absolute atomic E-state index is 16.4. The molecule has 10 rings (SSSR count). The zero-order valence-corrected chi connectivity index (χ0v) is 35.6. The van der Waals surface area contributed by atoms with Crippen LogP contribution < -0.4 is 24.4 Å². The van der Waals surface area contributed by atoms with Gasteiger partial charge in [-0.3, -0.25) is 19.7 Å². The van der Waals surface area contributed by atoms with Crippen molar-refractivity contribution in [3.8, 4) is 23.0 Å². The highest BCUT2D eigenvalue weighted by Crippen LogP contribution is 2.53. The molecule has 6 aliphatic rings. The summed E-state index contributed by atoms with van der Waals surface area (Å²) in [7, 11) is 3.25. The van der Waals surface area contributed by atoms with E-state index in [-0.39, 0.29) is 53.6 Å². The van der Waals surface area contributed by atoms with Crippen LogP contribution in [0.1, 0.15) is 107 Å². The summed E-state index contributed by atoms with van der Waals surface area (Å²) in [5.41, 5.74) is 7.03. The second kappa shape index (κ2) is 16.3. The van der Waals surface area contributed by atoms with Crippen LogP contribution in [0.2, 0.25) is 0 Å². The SMILES string of the molecule is COc1cc(N2CCC(CCN3CCC4(CC3)COc3c4cc(OC)c4c3CN([C@@H]3CCC(=O)NC3=O)C4=O)CC2)c(F)cc1[C@@H]1c2ccc(O)cc2CC[C@@H]1c1ccccc1. The van der Waals surface area contributed by atoms with Gasteiger partial charge in [0.1, 0.15) is 34.9 Å². The Morgan fingerprint density at radius 1 is 0.871 bits per heavy atom. The third-order valence-electron chi connectivity index (χ3n) is 15.1. The first-order valence-electron chi connectivity index (χ1n) is 22.4. The zero-order chi connectivity index (χ0) is 42.7. The monoisotopic (exact) mass is 842 g/mol. The summed E-state index contributed by atoms with van der Waals surface area (Å²) in [6.07, 6.45) is 7.19. The van der Waals surface area contributed by atoms with Crippen LogP contribution in [-0.4, -0.2) is 92.2 Å². The molecule has 5 heterocycles. The Morgan fingerprint density at radius 2 is 1.65 bits per heavy atom. The van der Waals surface area contributed by atoms with Gasteiger partial charge in [0.05, 0.1) is 38.6 Å². The number of hydrogen-bond acceptors (Lipinski definition) is 9. The van der Waals surface area contributed by atoms with Crippen molar-refractivity contribution in [2.45, 2.75) is 87.6 Å². The Bertz CT molecular complexity index is 2410. The number of aromatic hydroxyl groups is 1. The molecule has 1 spiro atoms. The summed E-state index contributed by atoms with van der Waals surface area (Å²) in [6.45, 7) is 5.27. The quantitative estimate of drug-likeness (QED) is 0.169. The number of phenolic OH excluding ortho intramolecular Hbond substituents is 1. The lowest BCUT2D eigenvalue weighted by atomic mass is 9.69. The van der Waals surface area contributed by atoms with Gasteiger partial charge in [0.15, 0.2) is 0 Å². The van der Waals surface area contributed by atoms with E-state index in [1.807, 2.05) is 30.3 Å². The number of ether oxygens (including phenoxy) is 3. The second-order valence-electron chi connectivity index (χ2n) is 18.3. The molecule has 3 atom stereocenters. The van der Waals surface area contributed by atoms with E-state index >= 15 is 4.39 Å². The number of rotatable bonds is 9. The normalized spacial score (nSPS) is 23.5. The molecular formula is C50H55FN4O7. The average molecular weight is 843 g/mol. The lowest BCUT2D eigenvalue weighted by Crippen LogP contribution is -2.52. The number of carbonyl (C=O) groups is 3. The first kappa shape index (κ1) is 40.5. The number of aryl methyl sites for hydroxylation is 1. The number of anilines is 1. The van der Waals surface area contributed by atoms with E-state index in [2.05, 4.69) is 39.4 Å². The predicted molar refractivity (Wildman–Crippen MR) is 232 cm³/mol. The Labute approximate surface area is 362 Å². The molecule has 3 amide bonds. The molecule has 11 nitrogen and oxygen atoms in total. The van der Waals surface area contributed by atoms with Crippen LogP contribution in [0, 0.1) is 11.7 Å². The maximum atomic E-state index is 16.4. The number of nitrogens with zero attached hydrogens (tertiary/aromatic N) is 3. The number of amides is 3. The summed E-state index contributed by atoms with van der Waals surface area (Å²) in [4.78, 5) is 44.5. The van der Waals surface area contributed by atoms with E-state index in [1.54, 1.807) is 31.3 Å². The van der Waals surface area contributed by atoms with Crippen molar-refractivity contribution in [3.05, 3.63) is 111 Å². The third-order valence-corrected chi connectivity index (χ3v) is 15.1. The smallest absolute Gasteiger partial charge is 0.259 e. The summed E-state index contributed by atoms with van der Waals surface area (Å²) in [5.74, 6) is 1.57. The minimum absolute atomic E-state index is 0.112. The molecule has 2 N–H and O–H groups in total. The van der Waals surface area contributed by atoms with Gasteiger partial charge >= 0.3 is 0 Å². The highest BCUT2D eigenvalue weighted by molar-refractivity contribution is 6.07. The molecule has 3 saturated heterocycles. The van der Waals surface area contributed by atoms with Crippen molar-refractivity contribution in [2.75, 3.05) is 58.5 Å². The van der Waals surface area contributed by atoms with E-state index in [0.29, 0.717) is 41.7 Å². The molecule has 324 valence electrons. The number of benzene rings is 4. The molecule has 0 unspecified atom stereocenters. The van der Waals surface area contributed by atoms with Crippen molar-refractivity contribution < 1.29 is 38.1 Å². The minimum Gasteiger partial charge on any atom is -0.508 e. The van der Waals surface area contributed by atoms with Gasteiger partial charge in [0.2, 0.25) is 11.8 Å². The summed E-state index contributed by atoms with van der Waals surface area (Å²) in [5, 5.41) is 12.7. The van der Waals surface area contributed by atoms with Crippen LogP contribution >= 0.6 is 0 Å². The standard InChI is InChI=1S/C50H55FN4O7/c1-60-42-27-41(39(51)25-36(42)45-34(31-6-4-3-5-7-31)10-8-32-24-33(56)9-11-35(32)45)54-20-15-30(16-21-54)14-19-53-22-17-50(18-23-53)29-62-47-37-28-55(40-12-13-44(57)52-48(40)58)49(59)46(37)43(61-2)26-38(47)50/h3-7,9,11,24-27,30,34,40,45,56H,8,10,12-23,28-29H2,1-2H3,(H,52,57,58)/t34-,40-,45+/m1/s1. The van der Waals surface area contributed by atoms with Gasteiger partial charge in [-0.05, 0) is 124 Å². The number of halogens is 1. The number of phenols is 1. The van der Waals surface area contributed by atoms with Crippen LogP contribution in [0.25, 0.3) is 0 Å². The van der Waals surface area contributed by atoms with Gasteiger partial charge in [0, 0.05) is 53.6 Å². The van der Waals surface area contributed by atoms with Crippen LogP contribution in [0.3, 0.4) is 0 Å². The minimum atomic E-state index is -0.702. The zero-order valence-electron chi connectivity index (χ0n) is 35.6. The molecule has 0 aromatic heterocycles. The first-order chi connectivity index (χ1) is 30.1. The lowest BCUT2D eigenvalue weighted by molar-refractivity contribution is -0.136. The highest BCUT2D eigenvalue weighted by atomic mass is 19.1. The van der Waals surface area contributed by atoms with Gasteiger partial charge in [0.25, 0.3) is 5.91 Å². The Kier molecular flexibility index (Phi) is 10.6. The molecular weight excluding hydrogens is 788 g/mol. The number of hydrogen-bond donors (Lipinski definition) is 2. The molecule has 3 fully saturated rings. The maximum Gasteiger partial charge on any atom is 0.259 e. The Morgan fingerprint density at radius 3 is 2.39 bits per heavy atom. The van der Waals surface area contributed by atoms with E-state index in [1.165, 1.54) is 5.56 Å². The van der Waals surface area contributed by atoms with Gasteiger partial charge in [-0.15, -0.1) is 0 Å². The number of likely N-dealkylation sites (tertiary alicyclic amines) is 1. The van der Waals surface area contributed by atoms with Crippen LogP contribution in [0.15, 0.2) is 66.7 Å². The largest absolute Gasteiger partial charge is 0.508 e. The molecule has 0 radical (unpaired) electrons. The van der Waals surface area contributed by atoms with Crippen molar-refractivity contribution in [1.82, 2.24) is 15.1 Å². The van der Waals surface area contributed by atoms with E-state index in [0.717, 1.165) is 111 Å². The van der Waals surface area contributed by atoms with Crippen molar-refractivity contribution >= 4 is 23.4 Å². The molecule has 4 aromatic carbocycles. The lowest BCUT2D eigenvalue weighted by Gasteiger charge is -2.40. The van der Waals surface area contributed by atoms with Crippen LogP contribution in [-0.2, 0) is 28.0 Å². The molecule has 4 aromatic rings. The van der Waals surface area contributed by atoms with Gasteiger partial charge in [-0.2, -0.15) is 0 Å². The van der Waals surface area contributed by atoms with E-state index in [4.69, 9.17) is 14.2 Å². The number of piperidine rings is 3. The molecule has 0 bridgehead atoms. The van der Waals surface area contributed by atoms with Crippen molar-refractivity contribution in [3.63, 3.8) is 0 Å². The van der Waals surface area contributed by atoms with E-state index in [9.17, 15) is 19.5 Å². The fourth-order valence-electron chi connectivity index (χ4n) is 11.6. The summed E-state index contributed by atoms with van der Waals surface area (Å²) < 4.78 is 34.7. The van der Waals surface area contributed by atoms with Gasteiger partial charge in [-0.1, -0.05) is 36.4 Å². The number of carbonyl (C=O) groups excluding carboxylic acids is 3. The topological polar surface area (TPSA) is 121 Å². The Balaban J connectivity index is 0.775. The summed E-state index contributed by atoms with van der Waals surface area (Å²) in [6, 6.07) is 21.0. The fourth-order valence-corrected chi connectivity index (χ4v) is 11.6. The number of methoxy groups -OCH3 is 2. The molecule has 62 heavy (non-hydrogen) atoms. The molecule has 12 heteroatoms. The van der Waals surface area contributed by atoms with Crippen LogP contribution in [0.5, 0.6) is 23.0 Å². The van der Waals surface area contributed by atoms with Crippen molar-refractivity contribution in [1.29, 1.82) is 0 Å². The average Bonchev–Trinajstić information content (AvgIpc) is 3.82. The number of nitrogens with one attached hydrogen (secondary N) is 1. The first-order valence-corrected chi connectivity index (χ1v) is 22.4. The predicted octanol–water partition coefficient (Wildman–Crippen LogP) is 7.20. The molecule has 1 aliphatic carbocycles. The highest BCUT2D eigenvalue weighted by Gasteiger charge is 2.49. The third kappa shape index (κ3) is 7.04. The fraction of sp³-hybridized carbons (Fsp3) is 0.460. The number of imide groups is 1. The molecule has 5 aliphatic heterocycles. The Hall–Kier alpha value is -5.62. The van der Waals surface area contributed by atoms with Crippen molar-refractivity contribution in [2.24, 2.45) is 5.92 Å². The van der Waals surface area contributed by atoms with Gasteiger partial charge < -0.3 is 34.0 Å². The summed E-state index contributed by atoms with van der Waals surface area (Å²) >= 11 is 0. The number of fused-ring (bicyclic) bond motifs is 5. The second-order valence-corrected chi connectivity index (χ2v) is 18.3. The van der Waals surface area contributed by atoms with Gasteiger partial charge in [-0.25, -0.2) is 4.39 Å². The van der Waals surface area contributed by atoms with Crippen LogP contribution in [0.4, 0.5) is 10.1 Å². The molecule has 0 saturated carbocycles. The van der Waals surface area contributed by atoms with E-state index < -0.39 is 11.9 Å².